The summed E-state index contributed by atoms with van der Waals surface area (Å²) in [7, 11) is 1.55. The van der Waals surface area contributed by atoms with E-state index in [1.807, 2.05) is 0 Å². The van der Waals surface area contributed by atoms with Gasteiger partial charge in [-0.3, -0.25) is 4.79 Å². The molecule has 1 heterocycles. The summed E-state index contributed by atoms with van der Waals surface area (Å²) in [4.78, 5) is 11.6. The third kappa shape index (κ3) is 3.57. The Morgan fingerprint density at radius 3 is 2.94 bits per heavy atom. The highest BCUT2D eigenvalue weighted by atomic mass is 16.5. The second-order valence-electron chi connectivity index (χ2n) is 4.73. The number of methoxy groups -OCH3 is 1. The molecule has 0 aromatic carbocycles. The summed E-state index contributed by atoms with van der Waals surface area (Å²) in [5, 5.41) is 7.64. The van der Waals surface area contributed by atoms with Gasteiger partial charge in [0.2, 0.25) is 5.88 Å². The van der Waals surface area contributed by atoms with E-state index in [9.17, 15) is 4.79 Å². The lowest BCUT2D eigenvalue weighted by Gasteiger charge is -2.11. The van der Waals surface area contributed by atoms with E-state index in [-0.39, 0.29) is 5.56 Å². The highest BCUT2D eigenvalue weighted by Crippen LogP contribution is 2.17. The van der Waals surface area contributed by atoms with Crippen LogP contribution in [0.2, 0.25) is 0 Å². The average molecular weight is 251 g/mol. The fourth-order valence-electron chi connectivity index (χ4n) is 2.36. The second-order valence-corrected chi connectivity index (χ2v) is 4.73. The van der Waals surface area contributed by atoms with Crippen LogP contribution in [0, 0.1) is 0 Å². The molecular formula is C13H21N3O2. The number of aromatic nitrogens is 2. The van der Waals surface area contributed by atoms with Crippen LogP contribution in [0.3, 0.4) is 0 Å². The zero-order valence-corrected chi connectivity index (χ0v) is 10.9. The van der Waals surface area contributed by atoms with Gasteiger partial charge in [-0.05, 0) is 25.8 Å². The lowest BCUT2D eigenvalue weighted by Crippen LogP contribution is -2.29. The quantitative estimate of drug-likeness (QED) is 0.771. The normalized spacial score (nSPS) is 16.1. The van der Waals surface area contributed by atoms with E-state index in [1.165, 1.54) is 36.4 Å². The van der Waals surface area contributed by atoms with Crippen LogP contribution < -0.4 is 15.6 Å². The molecule has 0 radical (unpaired) electrons. The van der Waals surface area contributed by atoms with E-state index in [0.717, 1.165) is 13.0 Å². The van der Waals surface area contributed by atoms with Gasteiger partial charge >= 0.3 is 0 Å². The SMILES string of the molecule is COc1ccc(=O)n(CCCNC2CCCC2)n1. The minimum absolute atomic E-state index is 0.0725. The van der Waals surface area contributed by atoms with E-state index in [1.54, 1.807) is 13.2 Å². The Morgan fingerprint density at radius 2 is 2.22 bits per heavy atom. The molecule has 5 nitrogen and oxygen atoms in total. The van der Waals surface area contributed by atoms with Crippen molar-refractivity contribution in [3.05, 3.63) is 22.5 Å². The first-order valence-corrected chi connectivity index (χ1v) is 6.65. The Balaban J connectivity index is 1.77. The van der Waals surface area contributed by atoms with Crippen LogP contribution >= 0.6 is 0 Å². The third-order valence-electron chi connectivity index (χ3n) is 3.39. The fraction of sp³-hybridized carbons (Fsp3) is 0.692. The van der Waals surface area contributed by atoms with Crippen LogP contribution in [-0.2, 0) is 6.54 Å². The third-order valence-corrected chi connectivity index (χ3v) is 3.39. The Morgan fingerprint density at radius 1 is 1.44 bits per heavy atom. The van der Waals surface area contributed by atoms with Gasteiger partial charge in [0.15, 0.2) is 0 Å². The van der Waals surface area contributed by atoms with Gasteiger partial charge in [0.25, 0.3) is 5.56 Å². The van der Waals surface area contributed by atoms with Crippen molar-refractivity contribution in [1.29, 1.82) is 0 Å². The molecule has 0 atom stereocenters. The Labute approximate surface area is 107 Å². The number of hydrogen-bond acceptors (Lipinski definition) is 4. The highest BCUT2D eigenvalue weighted by molar-refractivity contribution is 5.05. The molecule has 2 rings (SSSR count). The molecule has 1 fully saturated rings. The van der Waals surface area contributed by atoms with Crippen LogP contribution in [0.4, 0.5) is 0 Å². The lowest BCUT2D eigenvalue weighted by atomic mass is 10.2. The molecule has 1 aliphatic carbocycles. The van der Waals surface area contributed by atoms with Crippen molar-refractivity contribution in [3.63, 3.8) is 0 Å². The Bertz CT molecular complexity index is 424. The summed E-state index contributed by atoms with van der Waals surface area (Å²) in [5.41, 5.74) is -0.0725. The standard InChI is InChI=1S/C13H21N3O2/c1-18-12-7-8-13(17)16(15-12)10-4-9-14-11-5-2-3-6-11/h7-8,11,14H,2-6,9-10H2,1H3. The maximum absolute atomic E-state index is 11.6. The second kappa shape index (κ2) is 6.54. The summed E-state index contributed by atoms with van der Waals surface area (Å²) in [6.45, 7) is 1.58. The Hall–Kier alpha value is -1.36. The molecule has 5 heteroatoms. The zero-order valence-electron chi connectivity index (χ0n) is 10.9. The summed E-state index contributed by atoms with van der Waals surface area (Å²) < 4.78 is 6.48. The topological polar surface area (TPSA) is 56.1 Å². The van der Waals surface area contributed by atoms with Crippen molar-refractivity contribution in [3.8, 4) is 5.88 Å². The molecule has 0 unspecified atom stereocenters. The largest absolute Gasteiger partial charge is 0.480 e. The van der Waals surface area contributed by atoms with Gasteiger partial charge in [0, 0.05) is 24.7 Å². The van der Waals surface area contributed by atoms with Crippen molar-refractivity contribution >= 4 is 0 Å². The van der Waals surface area contributed by atoms with Gasteiger partial charge in [0.1, 0.15) is 0 Å². The maximum atomic E-state index is 11.6. The van der Waals surface area contributed by atoms with E-state index in [4.69, 9.17) is 4.74 Å². The first-order chi connectivity index (χ1) is 8.79. The number of hydrogen-bond donors (Lipinski definition) is 1. The molecule has 1 aliphatic rings. The summed E-state index contributed by atoms with van der Waals surface area (Å²) >= 11 is 0. The predicted molar refractivity (Wildman–Crippen MR) is 69.9 cm³/mol. The first-order valence-electron chi connectivity index (χ1n) is 6.65. The minimum Gasteiger partial charge on any atom is -0.480 e. The summed E-state index contributed by atoms with van der Waals surface area (Å²) in [6, 6.07) is 3.77. The summed E-state index contributed by atoms with van der Waals surface area (Å²) in [6.07, 6.45) is 6.18. The highest BCUT2D eigenvalue weighted by Gasteiger charge is 2.13. The van der Waals surface area contributed by atoms with Gasteiger partial charge in [-0.25, -0.2) is 4.68 Å². The molecule has 1 aromatic rings. The van der Waals surface area contributed by atoms with Gasteiger partial charge in [-0.15, -0.1) is 5.10 Å². The lowest BCUT2D eigenvalue weighted by molar-refractivity contribution is 0.372. The van der Waals surface area contributed by atoms with Crippen LogP contribution in [0.1, 0.15) is 32.1 Å². The smallest absolute Gasteiger partial charge is 0.266 e. The van der Waals surface area contributed by atoms with Crippen molar-refractivity contribution in [2.24, 2.45) is 0 Å². The minimum atomic E-state index is -0.0725. The van der Waals surface area contributed by atoms with Crippen LogP contribution in [0.15, 0.2) is 16.9 Å². The van der Waals surface area contributed by atoms with Crippen molar-refractivity contribution in [2.75, 3.05) is 13.7 Å². The Kier molecular flexibility index (Phi) is 4.75. The number of rotatable bonds is 6. The van der Waals surface area contributed by atoms with Gasteiger partial charge in [0.05, 0.1) is 7.11 Å². The molecule has 0 saturated heterocycles. The fourth-order valence-corrected chi connectivity index (χ4v) is 2.36. The molecule has 0 aliphatic heterocycles. The van der Waals surface area contributed by atoms with Gasteiger partial charge in [-0.1, -0.05) is 12.8 Å². The van der Waals surface area contributed by atoms with Crippen molar-refractivity contribution in [2.45, 2.75) is 44.7 Å². The van der Waals surface area contributed by atoms with E-state index >= 15 is 0 Å². The van der Waals surface area contributed by atoms with Crippen LogP contribution in [0.25, 0.3) is 0 Å². The van der Waals surface area contributed by atoms with Gasteiger partial charge < -0.3 is 10.1 Å². The molecule has 1 aromatic heterocycles. The first kappa shape index (κ1) is 13.1. The van der Waals surface area contributed by atoms with E-state index in [0.29, 0.717) is 18.5 Å². The number of ether oxygens (including phenoxy) is 1. The maximum Gasteiger partial charge on any atom is 0.266 e. The van der Waals surface area contributed by atoms with E-state index < -0.39 is 0 Å². The average Bonchev–Trinajstić information content (AvgIpc) is 2.89. The number of aryl methyl sites for hydroxylation is 1. The molecule has 0 amide bonds. The molecule has 1 saturated carbocycles. The number of nitrogens with one attached hydrogen (secondary N) is 1. The molecule has 100 valence electrons. The van der Waals surface area contributed by atoms with Crippen LogP contribution in [0.5, 0.6) is 5.88 Å². The molecule has 1 N–H and O–H groups in total. The van der Waals surface area contributed by atoms with E-state index in [2.05, 4.69) is 10.4 Å². The monoisotopic (exact) mass is 251 g/mol. The van der Waals surface area contributed by atoms with Crippen molar-refractivity contribution in [1.82, 2.24) is 15.1 Å². The zero-order chi connectivity index (χ0) is 12.8. The summed E-state index contributed by atoms with van der Waals surface area (Å²) in [5.74, 6) is 0.485. The van der Waals surface area contributed by atoms with Crippen molar-refractivity contribution < 1.29 is 4.74 Å². The molecule has 18 heavy (non-hydrogen) atoms. The number of nitrogens with zero attached hydrogens (tertiary/aromatic N) is 2. The molecular weight excluding hydrogens is 230 g/mol. The molecule has 0 bridgehead atoms. The predicted octanol–water partition coefficient (Wildman–Crippen LogP) is 1.17. The molecule has 0 spiro atoms. The van der Waals surface area contributed by atoms with Crippen LogP contribution in [-0.4, -0.2) is 29.5 Å². The van der Waals surface area contributed by atoms with Gasteiger partial charge in [-0.2, -0.15) is 0 Å².